The first-order chi connectivity index (χ1) is 10.1. The normalized spacial score (nSPS) is 14.0. The third-order valence-electron chi connectivity index (χ3n) is 4.26. The highest BCUT2D eigenvalue weighted by Crippen LogP contribution is 2.26. The van der Waals surface area contributed by atoms with E-state index in [2.05, 4.69) is 43.4 Å². The van der Waals surface area contributed by atoms with E-state index >= 15 is 0 Å². The molecule has 112 valence electrons. The van der Waals surface area contributed by atoms with Gasteiger partial charge in [-0.25, -0.2) is 4.39 Å². The summed E-state index contributed by atoms with van der Waals surface area (Å²) in [6, 6.07) is 14.1. The van der Waals surface area contributed by atoms with Gasteiger partial charge in [0.1, 0.15) is 5.82 Å². The molecule has 1 N–H and O–H groups in total. The van der Waals surface area contributed by atoms with Crippen LogP contribution in [0.1, 0.15) is 54.5 Å². The van der Waals surface area contributed by atoms with Crippen molar-refractivity contribution in [2.45, 2.75) is 39.2 Å². The van der Waals surface area contributed by atoms with Crippen LogP contribution in [-0.4, -0.2) is 7.05 Å². The topological polar surface area (TPSA) is 12.0 Å². The van der Waals surface area contributed by atoms with E-state index in [1.165, 1.54) is 11.1 Å². The highest BCUT2D eigenvalue weighted by Gasteiger charge is 2.13. The van der Waals surface area contributed by atoms with Crippen LogP contribution >= 0.6 is 0 Å². The van der Waals surface area contributed by atoms with Crippen molar-refractivity contribution in [2.24, 2.45) is 0 Å². The van der Waals surface area contributed by atoms with Gasteiger partial charge in [0.25, 0.3) is 0 Å². The number of aryl methyl sites for hydroxylation is 1. The Kier molecular flexibility index (Phi) is 5.13. The largest absolute Gasteiger partial charge is 0.309 e. The van der Waals surface area contributed by atoms with Crippen molar-refractivity contribution in [3.63, 3.8) is 0 Å². The molecule has 1 nitrogen and oxygen atoms in total. The Labute approximate surface area is 127 Å². The van der Waals surface area contributed by atoms with E-state index in [9.17, 15) is 4.39 Å². The van der Waals surface area contributed by atoms with Crippen LogP contribution in [0.15, 0.2) is 42.5 Å². The molecule has 2 rings (SSSR count). The molecule has 0 fully saturated rings. The maximum absolute atomic E-state index is 13.4. The molecule has 2 aromatic carbocycles. The molecule has 2 aromatic rings. The predicted octanol–water partition coefficient (Wildman–Crippen LogP) is 4.96. The summed E-state index contributed by atoms with van der Waals surface area (Å²) in [5, 5.41) is 3.32. The number of halogens is 1. The van der Waals surface area contributed by atoms with Crippen LogP contribution in [-0.2, 0) is 0 Å². The molecule has 0 spiro atoms. The van der Waals surface area contributed by atoms with Gasteiger partial charge in [-0.3, -0.25) is 0 Å². The average molecular weight is 285 g/mol. The number of hydrogen-bond donors (Lipinski definition) is 1. The molecule has 0 radical (unpaired) electrons. The summed E-state index contributed by atoms with van der Waals surface area (Å²) < 4.78 is 13.4. The minimum absolute atomic E-state index is 0.0929. The molecule has 0 aromatic heterocycles. The Balaban J connectivity index is 2.30. The molecule has 0 aliphatic carbocycles. The maximum atomic E-state index is 13.4. The van der Waals surface area contributed by atoms with Gasteiger partial charge < -0.3 is 5.32 Å². The molecule has 0 aliphatic heterocycles. The van der Waals surface area contributed by atoms with E-state index < -0.39 is 0 Å². The highest BCUT2D eigenvalue weighted by atomic mass is 19.1. The van der Waals surface area contributed by atoms with Gasteiger partial charge in [0, 0.05) is 0 Å². The molecule has 0 saturated carbocycles. The Hall–Kier alpha value is -1.67. The van der Waals surface area contributed by atoms with E-state index in [-0.39, 0.29) is 11.9 Å². The van der Waals surface area contributed by atoms with Crippen molar-refractivity contribution in [1.29, 1.82) is 0 Å². The number of hydrogen-bond acceptors (Lipinski definition) is 1. The van der Waals surface area contributed by atoms with Crippen molar-refractivity contribution in [3.05, 3.63) is 70.5 Å². The fourth-order valence-corrected chi connectivity index (χ4v) is 2.63. The molecule has 0 aliphatic rings. The van der Waals surface area contributed by atoms with Crippen LogP contribution in [0.3, 0.4) is 0 Å². The van der Waals surface area contributed by atoms with Gasteiger partial charge in [-0.2, -0.15) is 0 Å². The first-order valence-electron chi connectivity index (χ1n) is 7.60. The minimum Gasteiger partial charge on any atom is -0.309 e. The molecule has 2 atom stereocenters. The van der Waals surface area contributed by atoms with Crippen molar-refractivity contribution in [3.8, 4) is 0 Å². The van der Waals surface area contributed by atoms with Crippen LogP contribution in [0.4, 0.5) is 4.39 Å². The third-order valence-corrected chi connectivity index (χ3v) is 4.26. The zero-order valence-electron chi connectivity index (χ0n) is 13.3. The van der Waals surface area contributed by atoms with Crippen LogP contribution < -0.4 is 5.32 Å². The molecular weight excluding hydrogens is 261 g/mol. The minimum atomic E-state index is -0.152. The summed E-state index contributed by atoms with van der Waals surface area (Å²) in [6.07, 6.45) is 1.14. The quantitative estimate of drug-likeness (QED) is 0.819. The molecule has 2 heteroatoms. The van der Waals surface area contributed by atoms with Gasteiger partial charge in [0.15, 0.2) is 0 Å². The van der Waals surface area contributed by atoms with E-state index in [1.807, 2.05) is 19.2 Å². The van der Waals surface area contributed by atoms with Crippen molar-refractivity contribution < 1.29 is 4.39 Å². The van der Waals surface area contributed by atoms with Crippen molar-refractivity contribution in [1.82, 2.24) is 5.32 Å². The first kappa shape index (κ1) is 15.7. The summed E-state index contributed by atoms with van der Waals surface area (Å²) in [5.74, 6) is 0.431. The second kappa shape index (κ2) is 6.86. The Morgan fingerprint density at radius 2 is 1.57 bits per heavy atom. The zero-order valence-corrected chi connectivity index (χ0v) is 13.3. The summed E-state index contributed by atoms with van der Waals surface area (Å²) >= 11 is 0. The zero-order chi connectivity index (χ0) is 15.4. The van der Waals surface area contributed by atoms with Crippen LogP contribution in [0.25, 0.3) is 0 Å². The second-order valence-electron chi connectivity index (χ2n) is 5.71. The van der Waals surface area contributed by atoms with Gasteiger partial charge in [0.2, 0.25) is 0 Å². The lowest BCUT2D eigenvalue weighted by Crippen LogP contribution is -2.18. The van der Waals surface area contributed by atoms with Gasteiger partial charge in [-0.15, -0.1) is 0 Å². The van der Waals surface area contributed by atoms with Crippen molar-refractivity contribution >= 4 is 0 Å². The lowest BCUT2D eigenvalue weighted by Gasteiger charge is -2.19. The maximum Gasteiger partial charge on any atom is 0.126 e. The van der Waals surface area contributed by atoms with Crippen molar-refractivity contribution in [2.75, 3.05) is 7.05 Å². The summed E-state index contributed by atoms with van der Waals surface area (Å²) in [7, 11) is 1.94. The van der Waals surface area contributed by atoms with E-state index in [4.69, 9.17) is 0 Å². The smallest absolute Gasteiger partial charge is 0.126 e. The first-order valence-corrected chi connectivity index (χ1v) is 7.60. The monoisotopic (exact) mass is 285 g/mol. The molecule has 2 unspecified atom stereocenters. The predicted molar refractivity (Wildman–Crippen MR) is 87.2 cm³/mol. The molecule has 0 heterocycles. The Bertz CT molecular complexity index is 589. The second-order valence-corrected chi connectivity index (χ2v) is 5.71. The fourth-order valence-electron chi connectivity index (χ4n) is 2.63. The fraction of sp³-hybridized carbons (Fsp3) is 0.368. The SMILES string of the molecule is CCC(C)c1ccc(C(NC)c2ccc(F)c(C)c2)cc1. The summed E-state index contributed by atoms with van der Waals surface area (Å²) in [4.78, 5) is 0. The highest BCUT2D eigenvalue weighted by molar-refractivity contribution is 5.36. The van der Waals surface area contributed by atoms with Crippen LogP contribution in [0.5, 0.6) is 0 Å². The Morgan fingerprint density at radius 1 is 1.00 bits per heavy atom. The number of nitrogens with one attached hydrogen (secondary N) is 1. The summed E-state index contributed by atoms with van der Waals surface area (Å²) in [5.41, 5.74) is 4.35. The lowest BCUT2D eigenvalue weighted by atomic mass is 9.93. The molecule has 21 heavy (non-hydrogen) atoms. The van der Waals surface area contributed by atoms with Gasteiger partial charge >= 0.3 is 0 Å². The molecule has 0 amide bonds. The number of benzene rings is 2. The van der Waals surface area contributed by atoms with Gasteiger partial charge in [-0.1, -0.05) is 50.2 Å². The number of rotatable bonds is 5. The van der Waals surface area contributed by atoms with Gasteiger partial charge in [0.05, 0.1) is 6.04 Å². The summed E-state index contributed by atoms with van der Waals surface area (Å²) in [6.45, 7) is 6.25. The van der Waals surface area contributed by atoms with Crippen LogP contribution in [0, 0.1) is 12.7 Å². The molecular formula is C19H24FN. The van der Waals surface area contributed by atoms with E-state index in [0.29, 0.717) is 11.5 Å². The van der Waals surface area contributed by atoms with Crippen LogP contribution in [0.2, 0.25) is 0 Å². The van der Waals surface area contributed by atoms with Gasteiger partial charge in [-0.05, 0) is 54.6 Å². The third kappa shape index (κ3) is 3.51. The molecule has 0 bridgehead atoms. The average Bonchev–Trinajstić information content (AvgIpc) is 2.51. The lowest BCUT2D eigenvalue weighted by molar-refractivity contribution is 0.614. The van der Waals surface area contributed by atoms with E-state index in [0.717, 1.165) is 12.0 Å². The van der Waals surface area contributed by atoms with E-state index in [1.54, 1.807) is 13.0 Å². The molecule has 0 saturated heterocycles. The Morgan fingerprint density at radius 3 is 2.10 bits per heavy atom. The standard InChI is InChI=1S/C19H24FN/c1-5-13(2)15-6-8-16(9-7-15)19(21-4)17-10-11-18(20)14(3)12-17/h6-13,19,21H,5H2,1-4H3.